The molecule has 0 saturated carbocycles. The maximum atomic E-state index is 12.9. The minimum Gasteiger partial charge on any atom is -0.484 e. The lowest BCUT2D eigenvalue weighted by Crippen LogP contribution is -2.55. The van der Waals surface area contributed by atoms with E-state index < -0.39 is 0 Å². The summed E-state index contributed by atoms with van der Waals surface area (Å²) in [6.07, 6.45) is 1.41. The summed E-state index contributed by atoms with van der Waals surface area (Å²) in [7, 11) is 0. The molecule has 2 aliphatic heterocycles. The molecule has 0 unspecified atom stereocenters. The van der Waals surface area contributed by atoms with E-state index in [-0.39, 0.29) is 23.4 Å². The van der Waals surface area contributed by atoms with E-state index in [1.807, 2.05) is 35.2 Å². The molecule has 0 bridgehead atoms. The third-order valence-electron chi connectivity index (χ3n) is 5.61. The molecule has 1 N–H and O–H groups in total. The molecule has 2 heterocycles. The topological polar surface area (TPSA) is 61.9 Å². The minimum absolute atomic E-state index is 0.0154. The number of nitrogens with one attached hydrogen (secondary N) is 1. The number of urea groups is 1. The van der Waals surface area contributed by atoms with Gasteiger partial charge in [0.1, 0.15) is 5.75 Å². The van der Waals surface area contributed by atoms with Crippen molar-refractivity contribution in [3.8, 4) is 5.75 Å². The molecule has 2 aromatic carbocycles. The molecule has 2 aliphatic rings. The summed E-state index contributed by atoms with van der Waals surface area (Å²) in [5, 5.41) is 3.61. The molecule has 31 heavy (non-hydrogen) atoms. The van der Waals surface area contributed by atoms with Crippen molar-refractivity contribution in [2.45, 2.75) is 17.7 Å². The number of carbonyl (C=O) groups excluding carboxylic acids is 2. The van der Waals surface area contributed by atoms with Crippen LogP contribution in [0.3, 0.4) is 0 Å². The molecular weight excluding hydrogens is 457 g/mol. The lowest BCUT2D eigenvalue weighted by atomic mass is 10.0. The molecule has 3 amide bonds. The van der Waals surface area contributed by atoms with Crippen molar-refractivity contribution < 1.29 is 14.3 Å². The minimum atomic E-state index is -0.282. The van der Waals surface area contributed by atoms with Crippen LogP contribution in [0.1, 0.15) is 12.8 Å². The van der Waals surface area contributed by atoms with Gasteiger partial charge < -0.3 is 19.9 Å². The number of hydrogen-bond acceptors (Lipinski definition) is 4. The predicted octanol–water partition coefficient (Wildman–Crippen LogP) is 4.97. The molecule has 2 saturated heterocycles. The summed E-state index contributed by atoms with van der Waals surface area (Å²) in [6, 6.07) is 14.2. The number of ether oxygens (including phenoxy) is 1. The number of anilines is 1. The van der Waals surface area contributed by atoms with Crippen molar-refractivity contribution >= 4 is 52.6 Å². The lowest BCUT2D eigenvalue weighted by Gasteiger charge is -2.44. The Bertz CT molecular complexity index is 932. The Hall–Kier alpha value is -2.09. The van der Waals surface area contributed by atoms with Gasteiger partial charge in [-0.1, -0.05) is 47.5 Å². The van der Waals surface area contributed by atoms with Gasteiger partial charge in [0.15, 0.2) is 6.61 Å². The van der Waals surface area contributed by atoms with Gasteiger partial charge in [-0.15, -0.1) is 11.8 Å². The van der Waals surface area contributed by atoms with E-state index in [0.717, 1.165) is 5.75 Å². The molecule has 0 atom stereocenters. The normalized spacial score (nSPS) is 17.6. The first-order valence-corrected chi connectivity index (χ1v) is 11.8. The van der Waals surface area contributed by atoms with Gasteiger partial charge in [0.05, 0.1) is 20.6 Å². The Morgan fingerprint density at radius 3 is 2.35 bits per heavy atom. The second-order valence-electron chi connectivity index (χ2n) is 7.46. The van der Waals surface area contributed by atoms with Gasteiger partial charge >= 0.3 is 6.03 Å². The summed E-state index contributed by atoms with van der Waals surface area (Å²) < 4.78 is 5.66. The Morgan fingerprint density at radius 2 is 1.68 bits per heavy atom. The molecule has 9 heteroatoms. The van der Waals surface area contributed by atoms with Crippen LogP contribution in [0.4, 0.5) is 10.5 Å². The zero-order valence-electron chi connectivity index (χ0n) is 16.9. The van der Waals surface area contributed by atoms with Crippen LogP contribution in [0, 0.1) is 0 Å². The molecule has 164 valence electrons. The molecule has 2 fully saturated rings. The van der Waals surface area contributed by atoms with Crippen LogP contribution in [-0.4, -0.2) is 58.6 Å². The van der Waals surface area contributed by atoms with Gasteiger partial charge in [0.25, 0.3) is 5.91 Å². The highest BCUT2D eigenvalue weighted by molar-refractivity contribution is 8.00. The van der Waals surface area contributed by atoms with Crippen LogP contribution in [0.2, 0.25) is 10.0 Å². The van der Waals surface area contributed by atoms with E-state index in [1.165, 1.54) is 0 Å². The number of hydrogen-bond donors (Lipinski definition) is 1. The maximum Gasteiger partial charge on any atom is 0.321 e. The number of amides is 3. The van der Waals surface area contributed by atoms with Crippen molar-refractivity contribution in [1.82, 2.24) is 9.80 Å². The highest BCUT2D eigenvalue weighted by Gasteiger charge is 2.47. The number of rotatable bonds is 4. The summed E-state index contributed by atoms with van der Waals surface area (Å²) >= 11 is 14.1. The highest BCUT2D eigenvalue weighted by atomic mass is 35.5. The van der Waals surface area contributed by atoms with Crippen molar-refractivity contribution in [3.63, 3.8) is 0 Å². The quantitative estimate of drug-likeness (QED) is 0.671. The van der Waals surface area contributed by atoms with E-state index in [0.29, 0.717) is 54.0 Å². The number of halogens is 2. The smallest absolute Gasteiger partial charge is 0.321 e. The first-order chi connectivity index (χ1) is 15.0. The molecular formula is C22H23Cl2N3O3S. The average molecular weight is 480 g/mol. The number of thioether (sulfide) groups is 1. The fraction of sp³-hybridized carbons (Fsp3) is 0.364. The Labute approximate surface area is 195 Å². The van der Waals surface area contributed by atoms with E-state index in [9.17, 15) is 9.59 Å². The van der Waals surface area contributed by atoms with Crippen molar-refractivity contribution in [1.29, 1.82) is 0 Å². The Balaban J connectivity index is 1.35. The molecule has 2 aromatic rings. The summed E-state index contributed by atoms with van der Waals surface area (Å²) in [5.41, 5.74) is 0.418. The van der Waals surface area contributed by atoms with Gasteiger partial charge in [-0.25, -0.2) is 4.79 Å². The number of benzene rings is 2. The Morgan fingerprint density at radius 1 is 1.00 bits per heavy atom. The monoisotopic (exact) mass is 479 g/mol. The first-order valence-electron chi connectivity index (χ1n) is 10.1. The highest BCUT2D eigenvalue weighted by Crippen LogP contribution is 2.44. The fourth-order valence-corrected chi connectivity index (χ4v) is 5.94. The van der Waals surface area contributed by atoms with Crippen LogP contribution in [0.25, 0.3) is 0 Å². The summed E-state index contributed by atoms with van der Waals surface area (Å²) in [6.45, 7) is 1.80. The van der Waals surface area contributed by atoms with Crippen molar-refractivity contribution in [3.05, 3.63) is 58.6 Å². The van der Waals surface area contributed by atoms with E-state index in [2.05, 4.69) is 5.32 Å². The zero-order valence-corrected chi connectivity index (χ0v) is 19.2. The molecule has 1 spiro atoms. The molecule has 4 rings (SSSR count). The third-order valence-corrected chi connectivity index (χ3v) is 7.79. The van der Waals surface area contributed by atoms with Gasteiger partial charge in [-0.05, 0) is 37.1 Å². The van der Waals surface area contributed by atoms with Gasteiger partial charge in [0.2, 0.25) is 0 Å². The number of carbonyl (C=O) groups is 2. The van der Waals surface area contributed by atoms with E-state index in [1.54, 1.807) is 34.9 Å². The number of piperidine rings is 1. The second-order valence-corrected chi connectivity index (χ2v) is 9.73. The van der Waals surface area contributed by atoms with Crippen molar-refractivity contribution in [2.24, 2.45) is 0 Å². The predicted molar refractivity (Wildman–Crippen MR) is 125 cm³/mol. The van der Waals surface area contributed by atoms with E-state index in [4.69, 9.17) is 27.9 Å². The SMILES string of the molecule is O=C(Nc1c(Cl)cccc1Cl)N1CCC2(CC1)SCCN2C(=O)COc1ccccc1. The number of para-hydroxylation sites is 2. The van der Waals surface area contributed by atoms with E-state index >= 15 is 0 Å². The first kappa shape index (κ1) is 22.1. The van der Waals surface area contributed by atoms with Crippen LogP contribution in [-0.2, 0) is 4.79 Å². The zero-order chi connectivity index (χ0) is 21.8. The van der Waals surface area contributed by atoms with Gasteiger partial charge in [-0.3, -0.25) is 4.79 Å². The average Bonchev–Trinajstić information content (AvgIpc) is 3.19. The Kier molecular flexibility index (Phi) is 6.84. The van der Waals surface area contributed by atoms with Crippen molar-refractivity contribution in [2.75, 3.05) is 37.3 Å². The largest absolute Gasteiger partial charge is 0.484 e. The second kappa shape index (κ2) is 9.59. The summed E-state index contributed by atoms with van der Waals surface area (Å²) in [5.74, 6) is 1.55. The van der Waals surface area contributed by atoms with Gasteiger partial charge in [-0.2, -0.15) is 0 Å². The standard InChI is InChI=1S/C22H23Cl2N3O3S/c23-17-7-4-8-18(24)20(17)25-21(29)26-11-9-22(10-12-26)27(13-14-31-22)19(28)15-30-16-5-2-1-3-6-16/h1-8H,9-15H2,(H,25,29). The summed E-state index contributed by atoms with van der Waals surface area (Å²) in [4.78, 5) is 29.0. The van der Waals surface area contributed by atoms with Crippen LogP contribution in [0.15, 0.2) is 48.5 Å². The maximum absolute atomic E-state index is 12.9. The molecule has 0 aliphatic carbocycles. The molecule has 0 radical (unpaired) electrons. The van der Waals surface area contributed by atoms with Crippen LogP contribution >= 0.6 is 35.0 Å². The van der Waals surface area contributed by atoms with Crippen LogP contribution in [0.5, 0.6) is 5.75 Å². The third kappa shape index (κ3) is 4.89. The molecule has 6 nitrogen and oxygen atoms in total. The molecule has 0 aromatic heterocycles. The lowest BCUT2D eigenvalue weighted by molar-refractivity contribution is -0.136. The fourth-order valence-electron chi connectivity index (χ4n) is 3.98. The van der Waals surface area contributed by atoms with Gasteiger partial charge in [0, 0.05) is 25.4 Å². The number of nitrogens with zero attached hydrogens (tertiary/aromatic N) is 2. The number of likely N-dealkylation sites (tertiary alicyclic amines) is 1. The van der Waals surface area contributed by atoms with Crippen LogP contribution < -0.4 is 10.1 Å².